The first kappa shape index (κ1) is 107. The van der Waals surface area contributed by atoms with Gasteiger partial charge < -0.3 is 71.1 Å². The lowest BCUT2D eigenvalue weighted by Crippen LogP contribution is -2.36. The van der Waals surface area contributed by atoms with E-state index in [1.165, 1.54) is 108 Å². The minimum atomic E-state index is -4.49. The van der Waals surface area contributed by atoms with Crippen LogP contribution >= 0.6 is 11.6 Å². The Kier molecular flexibility index (Phi) is 36.9. The number of halogens is 10. The fraction of sp³-hybridized carbons (Fsp3) is 0.284. The van der Waals surface area contributed by atoms with Gasteiger partial charge in [0.25, 0.3) is 47.3 Å². The third kappa shape index (κ3) is 29.9. The standard InChI is InChI=1S/C40H45F3N6O4.C36H35ClF3N5O3.C33H29F3N4O4/c1-47(21-22-53-3)19-20-48(2)39(52)31-11-8-10-29(24-31)38(51)46-35-14-13-33(49-17-5-4-6-18-49)26-34(35)36-25-30(15-16-44-36)37(50)45-27-28-9-7-12-32(23-28)40(41,42)43;1-44(18-14-37)35(48)27-9-6-8-25(20-27)34(47)43-31-12-11-29(45-16-3-2-4-17-45)22-30(31)32-21-26(13-15-41-32)33(46)42-23-24-7-5-10-28(19-24)36(38,39)40;34-33(35,36)25-9-4-6-21(16-25)20-38-30(41)23-12-13-37-29(18-23)27-19-26(40-14-2-1-3-15-40)10-11-28(27)39-31(42)22-7-5-8-24(17-22)32(43)44/h7-16,23-26H,4-6,17-22,27H2,1-3H3,(H,45,50)(H,46,51);5-13,15,19-22H,2-4,14,16-18,23H2,1H3,(H,42,46)(H,43,47);4-13,16-19H,1-3,14-15,20H2,(H,38,41)(H,39,42)(H,43,44). The Morgan fingerprint density at radius 2 is 0.641 bits per heavy atom. The van der Waals surface area contributed by atoms with Gasteiger partial charge in [-0.2, -0.15) is 39.5 Å². The molecule has 3 aliphatic rings. The summed E-state index contributed by atoms with van der Waals surface area (Å²) in [6.45, 7) is 7.83. The normalized spacial score (nSPS) is 13.2. The summed E-state index contributed by atoms with van der Waals surface area (Å²) in [6.07, 6.45) is 0.710. The fourth-order valence-corrected chi connectivity index (χ4v) is 16.9. The number of hydrogen-bond acceptors (Lipinski definition) is 17. The Hall–Kier alpha value is -15.4. The largest absolute Gasteiger partial charge is 0.478 e. The number of carboxylic acids is 1. The summed E-state index contributed by atoms with van der Waals surface area (Å²) in [5.41, 5.74) is 7.78. The maximum absolute atomic E-state index is 13.7. The van der Waals surface area contributed by atoms with E-state index in [1.54, 1.807) is 98.9 Å². The number of alkyl halides is 10. The van der Waals surface area contributed by atoms with E-state index >= 15 is 0 Å². The van der Waals surface area contributed by atoms with Crippen LogP contribution in [0.15, 0.2) is 255 Å². The number of ether oxygens (including phenoxy) is 1. The average molecular weight is 2010 g/mol. The number of benzene rings is 9. The molecule has 0 bridgehead atoms. The Morgan fingerprint density at radius 1 is 0.345 bits per heavy atom. The highest BCUT2D eigenvalue weighted by Gasteiger charge is 2.34. The van der Waals surface area contributed by atoms with Crippen LogP contribution in [-0.4, -0.2) is 194 Å². The van der Waals surface area contributed by atoms with Gasteiger partial charge >= 0.3 is 24.5 Å². The van der Waals surface area contributed by atoms with Crippen molar-refractivity contribution in [2.75, 3.05) is 137 Å². The molecular formula is C109H109ClF9N15O11. The molecule has 15 rings (SSSR count). The Balaban J connectivity index is 0.000000183. The molecule has 0 radical (unpaired) electrons. The summed E-state index contributed by atoms with van der Waals surface area (Å²) in [5, 5.41) is 26.2. The molecule has 6 heterocycles. The first-order chi connectivity index (χ1) is 69.5. The molecule has 145 heavy (non-hydrogen) atoms. The van der Waals surface area contributed by atoms with E-state index in [-0.39, 0.29) is 70.7 Å². The van der Waals surface area contributed by atoms with Gasteiger partial charge in [-0.05, 0) is 264 Å². The minimum absolute atomic E-state index is 0.0242. The lowest BCUT2D eigenvalue weighted by atomic mass is 10.0. The van der Waals surface area contributed by atoms with Crippen molar-refractivity contribution >= 4 is 99.0 Å². The molecule has 3 saturated heterocycles. The quantitative estimate of drug-likeness (QED) is 0.0152. The number of rotatable bonds is 32. The molecule has 0 atom stereocenters. The molecule has 0 aliphatic carbocycles. The molecule has 26 nitrogen and oxygen atoms in total. The van der Waals surface area contributed by atoms with Crippen molar-refractivity contribution in [1.82, 2.24) is 45.6 Å². The van der Waals surface area contributed by atoms with Gasteiger partial charge in [-0.15, -0.1) is 11.6 Å². The molecule has 3 aliphatic heterocycles. The third-order valence-corrected chi connectivity index (χ3v) is 24.8. The number of hydrogen-bond donors (Lipinski definition) is 7. The van der Waals surface area contributed by atoms with Crippen molar-refractivity contribution in [2.24, 2.45) is 0 Å². The zero-order chi connectivity index (χ0) is 103. The van der Waals surface area contributed by atoms with Crippen LogP contribution in [0, 0.1) is 0 Å². The summed E-state index contributed by atoms with van der Waals surface area (Å²) < 4.78 is 123. The number of carbonyl (C=O) groups excluding carboxylic acids is 8. The van der Waals surface area contributed by atoms with E-state index in [1.807, 2.05) is 49.5 Å². The number of carboxylic acid groups (broad SMARTS) is 1. The van der Waals surface area contributed by atoms with Gasteiger partial charge in [-0.3, -0.25) is 53.3 Å². The number of piperidine rings is 3. The summed E-state index contributed by atoms with van der Waals surface area (Å²) >= 11 is 5.79. The fourth-order valence-electron chi connectivity index (χ4n) is 16.6. The van der Waals surface area contributed by atoms with Crippen molar-refractivity contribution in [1.29, 1.82) is 0 Å². The van der Waals surface area contributed by atoms with Gasteiger partial charge in [0, 0.05) is 209 Å². The SMILES string of the molecule is CN(CCCl)C(=O)c1cccc(C(=O)Nc2ccc(N3CCCCC3)cc2-c2cc(C(=O)NCc3cccc(C(F)(F)F)c3)ccn2)c1.COCCN(C)CCN(C)C(=O)c1cccc(C(=O)Nc2ccc(N3CCCCC3)cc2-c2cc(C(=O)NCc3cccc(C(F)(F)F)c3)ccn2)c1.O=C(O)c1cccc(C(=O)Nc2ccc(N3CCCCC3)cc2-c2cc(C(=O)NCc3cccc(C(F)(F)F)c3)ccn2)c1. The van der Waals surface area contributed by atoms with Crippen molar-refractivity contribution in [3.63, 3.8) is 0 Å². The molecule has 3 fully saturated rings. The van der Waals surface area contributed by atoms with Crippen molar-refractivity contribution in [3.8, 4) is 33.8 Å². The predicted octanol–water partition coefficient (Wildman–Crippen LogP) is 20.5. The number of pyridine rings is 3. The van der Waals surface area contributed by atoms with Crippen LogP contribution in [-0.2, 0) is 42.9 Å². The summed E-state index contributed by atoms with van der Waals surface area (Å²) in [4.78, 5) is 143. The number of carbonyl (C=O) groups is 9. The molecule has 9 aromatic carbocycles. The van der Waals surface area contributed by atoms with Gasteiger partial charge in [0.15, 0.2) is 0 Å². The van der Waals surface area contributed by atoms with Crippen LogP contribution in [0.4, 0.5) is 73.6 Å². The van der Waals surface area contributed by atoms with Gasteiger partial charge in [-0.25, -0.2) is 4.79 Å². The van der Waals surface area contributed by atoms with Crippen LogP contribution < -0.4 is 46.6 Å². The number of aromatic nitrogens is 3. The van der Waals surface area contributed by atoms with Gasteiger partial charge in [0.05, 0.1) is 63.0 Å². The van der Waals surface area contributed by atoms with Crippen LogP contribution in [0.2, 0.25) is 0 Å². The second-order valence-electron chi connectivity index (χ2n) is 35.1. The van der Waals surface area contributed by atoms with Crippen LogP contribution in [0.1, 0.15) is 184 Å². The molecule has 8 amide bonds. The van der Waals surface area contributed by atoms with Crippen molar-refractivity contribution < 1.29 is 92.5 Å². The molecule has 36 heteroatoms. The zero-order valence-electron chi connectivity index (χ0n) is 80.1. The van der Waals surface area contributed by atoms with E-state index in [4.69, 9.17) is 16.3 Å². The lowest BCUT2D eigenvalue weighted by Gasteiger charge is -2.29. The van der Waals surface area contributed by atoms with Gasteiger partial charge in [0.2, 0.25) is 0 Å². The van der Waals surface area contributed by atoms with Crippen LogP contribution in [0.25, 0.3) is 33.8 Å². The topological polar surface area (TPSA) is 313 Å². The smallest absolute Gasteiger partial charge is 0.416 e. The van der Waals surface area contributed by atoms with Gasteiger partial charge in [0.1, 0.15) is 0 Å². The number of aromatic carboxylic acids is 1. The number of nitrogens with zero attached hydrogens (tertiary/aromatic N) is 9. The van der Waals surface area contributed by atoms with E-state index in [0.717, 1.165) is 157 Å². The predicted molar refractivity (Wildman–Crippen MR) is 539 cm³/mol. The highest BCUT2D eigenvalue weighted by Crippen LogP contribution is 2.40. The molecule has 0 unspecified atom stereocenters. The lowest BCUT2D eigenvalue weighted by molar-refractivity contribution is -0.138. The highest BCUT2D eigenvalue weighted by molar-refractivity contribution is 6.18. The number of amides is 8. The molecular weight excluding hydrogens is 1900 g/mol. The van der Waals surface area contributed by atoms with E-state index < -0.39 is 76.6 Å². The molecule has 3 aromatic heterocycles. The molecule has 756 valence electrons. The van der Waals surface area contributed by atoms with E-state index in [0.29, 0.717) is 110 Å². The van der Waals surface area contributed by atoms with Crippen LogP contribution in [0.3, 0.4) is 0 Å². The highest BCUT2D eigenvalue weighted by atomic mass is 35.5. The van der Waals surface area contributed by atoms with E-state index in [9.17, 15) is 87.8 Å². The average Bonchev–Trinajstić information content (AvgIpc) is 0.799. The summed E-state index contributed by atoms with van der Waals surface area (Å²) in [6, 6.07) is 59.1. The maximum atomic E-state index is 13.7. The molecule has 12 aromatic rings. The number of likely N-dealkylation sites (N-methyl/N-ethyl adjacent to an activating group) is 2. The van der Waals surface area contributed by atoms with Crippen molar-refractivity contribution in [3.05, 3.63) is 339 Å². The van der Waals surface area contributed by atoms with Crippen molar-refractivity contribution in [2.45, 2.75) is 96.0 Å². The Bertz CT molecular complexity index is 6630. The van der Waals surface area contributed by atoms with Crippen LogP contribution in [0.5, 0.6) is 0 Å². The molecule has 7 N–H and O–H groups in total. The zero-order valence-corrected chi connectivity index (χ0v) is 80.8. The Morgan fingerprint density at radius 3 is 0.952 bits per heavy atom. The number of nitrogens with one attached hydrogen (secondary N) is 6. The monoisotopic (exact) mass is 2010 g/mol. The first-order valence-electron chi connectivity index (χ1n) is 47.2. The Labute approximate surface area is 837 Å². The molecule has 0 spiro atoms. The van der Waals surface area contributed by atoms with E-state index in [2.05, 4.69) is 66.5 Å². The maximum Gasteiger partial charge on any atom is 0.416 e. The first-order valence-corrected chi connectivity index (χ1v) is 47.7. The summed E-state index contributed by atoms with van der Waals surface area (Å²) in [7, 11) is 6.97. The second kappa shape index (κ2) is 50.0. The third-order valence-electron chi connectivity index (χ3n) is 24.7. The number of anilines is 6. The summed E-state index contributed by atoms with van der Waals surface area (Å²) in [5.74, 6) is -4.21. The number of methoxy groups -OCH3 is 1. The molecule has 0 saturated carbocycles. The minimum Gasteiger partial charge on any atom is -0.478 e. The second-order valence-corrected chi connectivity index (χ2v) is 35.5. The van der Waals surface area contributed by atoms with Gasteiger partial charge in [-0.1, -0.05) is 54.6 Å².